The van der Waals surface area contributed by atoms with E-state index in [1.807, 2.05) is 0 Å². The number of hydrogen-bond acceptors (Lipinski definition) is 4. The molecule has 1 aromatic rings. The standard InChI is InChI=1S/C12H19N3OS/c1-9(2)8-16-6-5-15-11-7-14-4-3-10(11)12(13)17/h3-4,7,9,15H,5-6,8H2,1-2H3,(H2,13,17). The van der Waals surface area contributed by atoms with Gasteiger partial charge in [-0.3, -0.25) is 4.98 Å². The largest absolute Gasteiger partial charge is 0.389 e. The first kappa shape index (κ1) is 13.9. The highest BCUT2D eigenvalue weighted by molar-refractivity contribution is 7.80. The van der Waals surface area contributed by atoms with Crippen LogP contribution in [0.25, 0.3) is 0 Å². The van der Waals surface area contributed by atoms with E-state index >= 15 is 0 Å². The predicted octanol–water partition coefficient (Wildman–Crippen LogP) is 1.80. The Bertz CT molecular complexity index is 369. The molecule has 1 aromatic heterocycles. The average Bonchev–Trinajstić information content (AvgIpc) is 2.28. The Balaban J connectivity index is 2.39. The molecular formula is C12H19N3OS. The summed E-state index contributed by atoms with van der Waals surface area (Å²) in [5.41, 5.74) is 7.29. The van der Waals surface area contributed by atoms with Crippen molar-refractivity contribution >= 4 is 22.9 Å². The van der Waals surface area contributed by atoms with Crippen LogP contribution < -0.4 is 11.1 Å². The molecule has 0 spiro atoms. The van der Waals surface area contributed by atoms with Gasteiger partial charge < -0.3 is 15.8 Å². The number of rotatable bonds is 7. The van der Waals surface area contributed by atoms with Crippen molar-refractivity contribution in [1.29, 1.82) is 0 Å². The minimum Gasteiger partial charge on any atom is -0.389 e. The number of aromatic nitrogens is 1. The molecule has 0 saturated heterocycles. The maximum Gasteiger partial charge on any atom is 0.106 e. The van der Waals surface area contributed by atoms with E-state index in [4.69, 9.17) is 22.7 Å². The molecule has 0 saturated carbocycles. The molecule has 0 aliphatic carbocycles. The Labute approximate surface area is 108 Å². The number of thiocarbonyl (C=S) groups is 1. The number of nitrogens with two attached hydrogens (primary N) is 1. The lowest BCUT2D eigenvalue weighted by Gasteiger charge is -2.11. The lowest BCUT2D eigenvalue weighted by molar-refractivity contribution is 0.118. The van der Waals surface area contributed by atoms with E-state index in [2.05, 4.69) is 24.1 Å². The van der Waals surface area contributed by atoms with E-state index in [1.165, 1.54) is 0 Å². The van der Waals surface area contributed by atoms with E-state index in [0.717, 1.165) is 17.9 Å². The van der Waals surface area contributed by atoms with Gasteiger partial charge in [0.25, 0.3) is 0 Å². The summed E-state index contributed by atoms with van der Waals surface area (Å²) in [5, 5.41) is 3.21. The molecule has 0 aromatic carbocycles. The van der Waals surface area contributed by atoms with Gasteiger partial charge in [-0.25, -0.2) is 0 Å². The Hall–Kier alpha value is -1.20. The maximum absolute atomic E-state index is 5.62. The van der Waals surface area contributed by atoms with Crippen molar-refractivity contribution in [2.45, 2.75) is 13.8 Å². The number of pyridine rings is 1. The zero-order valence-corrected chi connectivity index (χ0v) is 11.1. The van der Waals surface area contributed by atoms with Crippen LogP contribution in [-0.2, 0) is 4.74 Å². The van der Waals surface area contributed by atoms with Crippen LogP contribution >= 0.6 is 12.2 Å². The quantitative estimate of drug-likeness (QED) is 0.573. The third-order valence-corrected chi connectivity index (χ3v) is 2.32. The molecule has 0 aliphatic rings. The minimum atomic E-state index is 0.373. The van der Waals surface area contributed by atoms with Crippen molar-refractivity contribution in [1.82, 2.24) is 4.98 Å². The monoisotopic (exact) mass is 253 g/mol. The summed E-state index contributed by atoms with van der Waals surface area (Å²) >= 11 is 4.96. The third kappa shape index (κ3) is 5.10. The second-order valence-electron chi connectivity index (χ2n) is 4.18. The Morgan fingerprint density at radius 2 is 2.35 bits per heavy atom. The molecule has 0 unspecified atom stereocenters. The first-order valence-electron chi connectivity index (χ1n) is 5.66. The number of nitrogens with one attached hydrogen (secondary N) is 1. The summed E-state index contributed by atoms with van der Waals surface area (Å²) in [4.78, 5) is 4.41. The summed E-state index contributed by atoms with van der Waals surface area (Å²) in [7, 11) is 0. The first-order valence-corrected chi connectivity index (χ1v) is 6.07. The molecule has 17 heavy (non-hydrogen) atoms. The van der Waals surface area contributed by atoms with Crippen LogP contribution in [0.1, 0.15) is 19.4 Å². The zero-order chi connectivity index (χ0) is 12.7. The van der Waals surface area contributed by atoms with Crippen molar-refractivity contribution in [3.05, 3.63) is 24.0 Å². The summed E-state index contributed by atoms with van der Waals surface area (Å²) in [6, 6.07) is 1.81. The lowest BCUT2D eigenvalue weighted by atomic mass is 10.2. The molecule has 3 N–H and O–H groups in total. The minimum absolute atomic E-state index is 0.373. The third-order valence-electron chi connectivity index (χ3n) is 2.10. The van der Waals surface area contributed by atoms with Gasteiger partial charge >= 0.3 is 0 Å². The summed E-state index contributed by atoms with van der Waals surface area (Å²) in [5.74, 6) is 0.556. The second kappa shape index (κ2) is 7.19. The van der Waals surface area contributed by atoms with Crippen molar-refractivity contribution < 1.29 is 4.74 Å². The van der Waals surface area contributed by atoms with E-state index in [0.29, 0.717) is 24.1 Å². The molecule has 0 atom stereocenters. The van der Waals surface area contributed by atoms with E-state index in [1.54, 1.807) is 18.5 Å². The number of nitrogens with zero attached hydrogens (tertiary/aromatic N) is 1. The molecule has 1 heterocycles. The molecule has 5 heteroatoms. The van der Waals surface area contributed by atoms with Gasteiger partial charge in [-0.05, 0) is 12.0 Å². The van der Waals surface area contributed by atoms with Gasteiger partial charge in [-0.2, -0.15) is 0 Å². The van der Waals surface area contributed by atoms with Crippen LogP contribution in [0.15, 0.2) is 18.5 Å². The number of anilines is 1. The van der Waals surface area contributed by atoms with Gasteiger partial charge in [0, 0.05) is 24.9 Å². The smallest absolute Gasteiger partial charge is 0.106 e. The van der Waals surface area contributed by atoms with Gasteiger partial charge in [0.15, 0.2) is 0 Å². The van der Waals surface area contributed by atoms with Crippen molar-refractivity contribution in [2.75, 3.05) is 25.1 Å². The Morgan fingerprint density at radius 3 is 3.00 bits per heavy atom. The molecule has 0 bridgehead atoms. The molecule has 0 aliphatic heterocycles. The highest BCUT2D eigenvalue weighted by Crippen LogP contribution is 2.12. The first-order chi connectivity index (χ1) is 8.11. The van der Waals surface area contributed by atoms with E-state index < -0.39 is 0 Å². The molecule has 4 nitrogen and oxygen atoms in total. The fourth-order valence-corrected chi connectivity index (χ4v) is 1.51. The van der Waals surface area contributed by atoms with Gasteiger partial charge in [-0.15, -0.1) is 0 Å². The fraction of sp³-hybridized carbons (Fsp3) is 0.500. The highest BCUT2D eigenvalue weighted by atomic mass is 32.1. The lowest BCUT2D eigenvalue weighted by Crippen LogP contribution is -2.16. The average molecular weight is 253 g/mol. The highest BCUT2D eigenvalue weighted by Gasteiger charge is 2.03. The predicted molar refractivity (Wildman–Crippen MR) is 74.3 cm³/mol. The molecule has 94 valence electrons. The van der Waals surface area contributed by atoms with Gasteiger partial charge in [0.1, 0.15) is 4.99 Å². The normalized spacial score (nSPS) is 10.5. The Morgan fingerprint density at radius 1 is 1.59 bits per heavy atom. The summed E-state index contributed by atoms with van der Waals surface area (Å²) in [6.45, 7) is 6.40. The van der Waals surface area contributed by atoms with Crippen LogP contribution in [0, 0.1) is 5.92 Å². The summed E-state index contributed by atoms with van der Waals surface area (Å²) in [6.07, 6.45) is 3.39. The van der Waals surface area contributed by atoms with Crippen LogP contribution in [0.4, 0.5) is 5.69 Å². The molecule has 1 rings (SSSR count). The SMILES string of the molecule is CC(C)COCCNc1cnccc1C(N)=S. The van der Waals surface area contributed by atoms with Gasteiger partial charge in [0.05, 0.1) is 18.5 Å². The fourth-order valence-electron chi connectivity index (χ4n) is 1.33. The van der Waals surface area contributed by atoms with Crippen LogP contribution in [0.2, 0.25) is 0 Å². The molecular weight excluding hydrogens is 234 g/mol. The number of ether oxygens (including phenoxy) is 1. The maximum atomic E-state index is 5.62. The Kier molecular flexibility index (Phi) is 5.86. The molecule has 0 amide bonds. The van der Waals surface area contributed by atoms with Crippen LogP contribution in [0.3, 0.4) is 0 Å². The zero-order valence-electron chi connectivity index (χ0n) is 10.3. The van der Waals surface area contributed by atoms with Crippen LogP contribution in [0.5, 0.6) is 0 Å². The number of hydrogen-bond donors (Lipinski definition) is 2. The second-order valence-corrected chi connectivity index (χ2v) is 4.62. The van der Waals surface area contributed by atoms with E-state index in [9.17, 15) is 0 Å². The van der Waals surface area contributed by atoms with Crippen molar-refractivity contribution in [3.63, 3.8) is 0 Å². The topological polar surface area (TPSA) is 60.2 Å². The van der Waals surface area contributed by atoms with Gasteiger partial charge in [-0.1, -0.05) is 26.1 Å². The van der Waals surface area contributed by atoms with Crippen molar-refractivity contribution in [2.24, 2.45) is 11.7 Å². The van der Waals surface area contributed by atoms with Gasteiger partial charge in [0.2, 0.25) is 0 Å². The van der Waals surface area contributed by atoms with E-state index in [-0.39, 0.29) is 0 Å². The molecule has 0 radical (unpaired) electrons. The molecule has 0 fully saturated rings. The van der Waals surface area contributed by atoms with Crippen molar-refractivity contribution in [3.8, 4) is 0 Å². The summed E-state index contributed by atoms with van der Waals surface area (Å²) < 4.78 is 5.47. The van der Waals surface area contributed by atoms with Crippen LogP contribution in [-0.4, -0.2) is 29.7 Å².